The van der Waals surface area contributed by atoms with E-state index in [1.54, 1.807) is 61.5 Å². The molecule has 0 saturated heterocycles. The smallest absolute Gasteiger partial charge is 0.264 e. The molecule has 0 saturated carbocycles. The predicted octanol–water partition coefficient (Wildman–Crippen LogP) is 6.09. The van der Waals surface area contributed by atoms with E-state index < -0.39 is 28.5 Å². The normalized spacial score (nSPS) is 12.1. The Labute approximate surface area is 258 Å². The molecule has 0 radical (unpaired) electrons. The van der Waals surface area contributed by atoms with Crippen molar-refractivity contribution in [1.29, 1.82) is 0 Å². The first-order valence-corrected chi connectivity index (χ1v) is 15.9. The van der Waals surface area contributed by atoms with Crippen molar-refractivity contribution in [3.8, 4) is 5.75 Å². The van der Waals surface area contributed by atoms with Crippen LogP contribution in [0, 0.1) is 12.8 Å². The number of hydrogen-bond acceptors (Lipinski definition) is 5. The monoisotopic (exact) mass is 633 g/mol. The molecule has 0 fully saturated rings. The Kier molecular flexibility index (Phi) is 11.7. The molecule has 226 valence electrons. The van der Waals surface area contributed by atoms with Crippen LogP contribution in [0.15, 0.2) is 71.6 Å². The molecule has 1 atom stereocenters. The second-order valence-electron chi connectivity index (χ2n) is 10.3. The summed E-state index contributed by atoms with van der Waals surface area (Å²) in [6.07, 6.45) is 0. The van der Waals surface area contributed by atoms with Crippen molar-refractivity contribution >= 4 is 50.7 Å². The fourth-order valence-electron chi connectivity index (χ4n) is 4.11. The summed E-state index contributed by atoms with van der Waals surface area (Å²) in [6, 6.07) is 16.9. The van der Waals surface area contributed by atoms with Crippen LogP contribution in [-0.2, 0) is 26.2 Å². The van der Waals surface area contributed by atoms with Crippen LogP contribution < -0.4 is 14.4 Å². The van der Waals surface area contributed by atoms with Crippen molar-refractivity contribution < 1.29 is 22.7 Å². The molecule has 42 heavy (non-hydrogen) atoms. The summed E-state index contributed by atoms with van der Waals surface area (Å²) in [5, 5.41) is 3.52. The zero-order valence-corrected chi connectivity index (χ0v) is 26.8. The second-order valence-corrected chi connectivity index (χ2v) is 13.0. The van der Waals surface area contributed by atoms with E-state index in [9.17, 15) is 18.0 Å². The Morgan fingerprint density at radius 1 is 0.929 bits per heavy atom. The number of carbonyl (C=O) groups is 2. The van der Waals surface area contributed by atoms with E-state index in [4.69, 9.17) is 27.9 Å². The van der Waals surface area contributed by atoms with Gasteiger partial charge < -0.3 is 15.0 Å². The molecule has 0 unspecified atom stereocenters. The lowest BCUT2D eigenvalue weighted by molar-refractivity contribution is -0.139. The number of anilines is 1. The number of aryl methyl sites for hydroxylation is 1. The van der Waals surface area contributed by atoms with Crippen molar-refractivity contribution in [3.63, 3.8) is 0 Å². The first-order chi connectivity index (χ1) is 19.8. The van der Waals surface area contributed by atoms with E-state index in [1.165, 1.54) is 17.0 Å². The molecule has 2 amide bonds. The van der Waals surface area contributed by atoms with Crippen molar-refractivity contribution in [2.75, 3.05) is 24.0 Å². The Morgan fingerprint density at radius 3 is 2.14 bits per heavy atom. The Hall–Kier alpha value is -3.27. The minimum Gasteiger partial charge on any atom is -0.494 e. The maximum atomic E-state index is 14.0. The fraction of sp³-hybridized carbons (Fsp3) is 0.355. The number of ether oxygens (including phenoxy) is 1. The third-order valence-electron chi connectivity index (χ3n) is 6.51. The Morgan fingerprint density at radius 2 is 1.57 bits per heavy atom. The Bertz CT molecular complexity index is 1480. The van der Waals surface area contributed by atoms with Gasteiger partial charge in [-0.3, -0.25) is 13.9 Å². The van der Waals surface area contributed by atoms with Crippen LogP contribution in [0.3, 0.4) is 0 Å². The van der Waals surface area contributed by atoms with Crippen molar-refractivity contribution in [3.05, 3.63) is 87.9 Å². The number of carbonyl (C=O) groups excluding carboxylic acids is 2. The van der Waals surface area contributed by atoms with E-state index >= 15 is 0 Å². The van der Waals surface area contributed by atoms with E-state index in [1.807, 2.05) is 27.7 Å². The van der Waals surface area contributed by atoms with Crippen LogP contribution in [0.1, 0.15) is 38.8 Å². The molecule has 0 aromatic heterocycles. The molecule has 8 nitrogen and oxygen atoms in total. The highest BCUT2D eigenvalue weighted by Crippen LogP contribution is 2.27. The maximum Gasteiger partial charge on any atom is 0.264 e. The lowest BCUT2D eigenvalue weighted by Crippen LogP contribution is -2.51. The lowest BCUT2D eigenvalue weighted by Gasteiger charge is -2.32. The molecule has 3 aromatic carbocycles. The van der Waals surface area contributed by atoms with Crippen molar-refractivity contribution in [2.24, 2.45) is 5.92 Å². The van der Waals surface area contributed by atoms with Crippen LogP contribution in [-0.4, -0.2) is 50.9 Å². The van der Waals surface area contributed by atoms with E-state index in [-0.39, 0.29) is 23.3 Å². The summed E-state index contributed by atoms with van der Waals surface area (Å²) < 4.78 is 34.5. The highest BCUT2D eigenvalue weighted by molar-refractivity contribution is 7.92. The highest BCUT2D eigenvalue weighted by Gasteiger charge is 2.32. The van der Waals surface area contributed by atoms with Gasteiger partial charge in [0.25, 0.3) is 10.0 Å². The zero-order valence-electron chi connectivity index (χ0n) is 24.4. The second kappa shape index (κ2) is 14.8. The lowest BCUT2D eigenvalue weighted by atomic mass is 10.1. The van der Waals surface area contributed by atoms with Crippen LogP contribution >= 0.6 is 23.2 Å². The first kappa shape index (κ1) is 33.2. The first-order valence-electron chi connectivity index (χ1n) is 13.7. The molecule has 3 rings (SSSR count). The average Bonchev–Trinajstić information content (AvgIpc) is 2.95. The van der Waals surface area contributed by atoms with Gasteiger partial charge >= 0.3 is 0 Å². The molecule has 0 aliphatic heterocycles. The fourth-order valence-corrected chi connectivity index (χ4v) is 5.85. The quantitative estimate of drug-likeness (QED) is 0.246. The van der Waals surface area contributed by atoms with E-state index in [0.717, 1.165) is 9.87 Å². The minimum atomic E-state index is -4.19. The van der Waals surface area contributed by atoms with Crippen molar-refractivity contribution in [2.45, 2.75) is 52.1 Å². The number of nitrogens with one attached hydrogen (secondary N) is 1. The topological polar surface area (TPSA) is 96.0 Å². The van der Waals surface area contributed by atoms with Gasteiger partial charge in [-0.2, -0.15) is 0 Å². The Balaban J connectivity index is 2.02. The third kappa shape index (κ3) is 8.63. The van der Waals surface area contributed by atoms with E-state index in [2.05, 4.69) is 5.32 Å². The standard InChI is InChI=1S/C31H37Cl2N3O5S/c1-6-41-26-12-14-27(15-13-26)42(39,40)36(25-10-7-22(4)8-11-25)20-30(37)35(23(5)31(38)34-18-21(2)3)19-24-9-16-28(32)29(33)17-24/h7-17,21,23H,6,18-20H2,1-5H3,(H,34,38)/t23-/m1/s1. The molecule has 0 heterocycles. The third-order valence-corrected chi connectivity index (χ3v) is 9.04. The molecular weight excluding hydrogens is 597 g/mol. The minimum absolute atomic E-state index is 0.00177. The summed E-state index contributed by atoms with van der Waals surface area (Å²) in [4.78, 5) is 28.5. The maximum absolute atomic E-state index is 14.0. The van der Waals surface area contributed by atoms with Crippen LogP contribution in [0.25, 0.3) is 0 Å². The van der Waals surface area contributed by atoms with Gasteiger partial charge in [0.05, 0.1) is 27.2 Å². The highest BCUT2D eigenvalue weighted by atomic mass is 35.5. The largest absolute Gasteiger partial charge is 0.494 e. The zero-order chi connectivity index (χ0) is 31.0. The molecule has 0 aliphatic carbocycles. The summed E-state index contributed by atoms with van der Waals surface area (Å²) >= 11 is 12.3. The molecule has 1 N–H and O–H groups in total. The van der Waals surface area contributed by atoms with Gasteiger partial charge in [-0.05, 0) is 80.8 Å². The van der Waals surface area contributed by atoms with Crippen LogP contribution in [0.5, 0.6) is 5.75 Å². The summed E-state index contributed by atoms with van der Waals surface area (Å²) in [7, 11) is -4.19. The SMILES string of the molecule is CCOc1ccc(S(=O)(=O)N(CC(=O)N(Cc2ccc(Cl)c(Cl)c2)[C@H](C)C(=O)NCC(C)C)c2ccc(C)cc2)cc1. The molecule has 11 heteroatoms. The molecule has 0 spiro atoms. The van der Waals surface area contributed by atoms with Gasteiger partial charge in [0, 0.05) is 13.1 Å². The summed E-state index contributed by atoms with van der Waals surface area (Å²) in [5.41, 5.74) is 1.88. The van der Waals surface area contributed by atoms with Crippen LogP contribution in [0.4, 0.5) is 5.69 Å². The van der Waals surface area contributed by atoms with Crippen LogP contribution in [0.2, 0.25) is 10.0 Å². The molecule has 0 bridgehead atoms. The molecular formula is C31H37Cl2N3O5S. The van der Waals surface area contributed by atoms with Gasteiger partial charge in [-0.1, -0.05) is 60.8 Å². The number of sulfonamides is 1. The number of amides is 2. The molecule has 0 aliphatic rings. The number of halogens is 2. The summed E-state index contributed by atoms with van der Waals surface area (Å²) in [6.45, 7) is 9.61. The number of nitrogens with zero attached hydrogens (tertiary/aromatic N) is 2. The van der Waals surface area contributed by atoms with Gasteiger partial charge in [0.2, 0.25) is 11.8 Å². The number of hydrogen-bond donors (Lipinski definition) is 1. The van der Waals surface area contributed by atoms with Gasteiger partial charge in [-0.15, -0.1) is 0 Å². The van der Waals surface area contributed by atoms with Crippen molar-refractivity contribution in [1.82, 2.24) is 10.2 Å². The number of benzene rings is 3. The molecule has 3 aromatic rings. The average molecular weight is 635 g/mol. The number of rotatable bonds is 13. The van der Waals surface area contributed by atoms with Gasteiger partial charge in [0.15, 0.2) is 0 Å². The van der Waals surface area contributed by atoms with E-state index in [0.29, 0.717) is 40.2 Å². The predicted molar refractivity (Wildman–Crippen MR) is 168 cm³/mol. The summed E-state index contributed by atoms with van der Waals surface area (Å²) in [5.74, 6) is -0.183. The van der Waals surface area contributed by atoms with Gasteiger partial charge in [-0.25, -0.2) is 8.42 Å². The van der Waals surface area contributed by atoms with Gasteiger partial charge in [0.1, 0.15) is 18.3 Å².